The van der Waals surface area contributed by atoms with Gasteiger partial charge in [0.15, 0.2) is 12.6 Å². The summed E-state index contributed by atoms with van der Waals surface area (Å²) in [5.74, 6) is 0.715. The van der Waals surface area contributed by atoms with E-state index in [4.69, 9.17) is 4.74 Å². The molecule has 2 amide bonds. The van der Waals surface area contributed by atoms with Crippen LogP contribution in [0.5, 0.6) is 5.75 Å². The van der Waals surface area contributed by atoms with Crippen molar-refractivity contribution in [3.63, 3.8) is 0 Å². The molecule has 1 saturated heterocycles. The number of amides is 2. The van der Waals surface area contributed by atoms with Crippen molar-refractivity contribution < 1.29 is 19.2 Å². The van der Waals surface area contributed by atoms with Crippen molar-refractivity contribution in [1.82, 2.24) is 4.90 Å². The van der Waals surface area contributed by atoms with Crippen LogP contribution in [0, 0.1) is 0 Å². The molecule has 1 fully saturated rings. The molecule has 23 heavy (non-hydrogen) atoms. The van der Waals surface area contributed by atoms with Gasteiger partial charge in [-0.1, -0.05) is 6.07 Å². The van der Waals surface area contributed by atoms with Crippen LogP contribution < -0.4 is 15.0 Å². The van der Waals surface area contributed by atoms with Crippen LogP contribution in [0.4, 0.5) is 5.69 Å². The summed E-state index contributed by atoms with van der Waals surface area (Å²) < 4.78 is 5.14. The zero-order chi connectivity index (χ0) is 16.8. The fraction of sp³-hybridized carbons (Fsp3) is 0.529. The van der Waals surface area contributed by atoms with E-state index in [0.717, 1.165) is 30.8 Å². The van der Waals surface area contributed by atoms with Crippen LogP contribution in [0.1, 0.15) is 19.8 Å². The van der Waals surface area contributed by atoms with Crippen LogP contribution in [-0.4, -0.2) is 56.5 Å². The number of quaternary nitrogens is 1. The SMILES string of the molecule is COc1cccc(NC(=O)C[NH+](C)[C@@H](C)C(=O)N2CCCC2)c1. The fourth-order valence-electron chi connectivity index (χ4n) is 2.73. The van der Waals surface area contributed by atoms with E-state index < -0.39 is 0 Å². The molecule has 2 atom stereocenters. The Morgan fingerprint density at radius 3 is 2.70 bits per heavy atom. The number of hydrogen-bond donors (Lipinski definition) is 2. The highest BCUT2D eigenvalue weighted by molar-refractivity contribution is 5.91. The molecule has 1 heterocycles. The molecule has 1 aliphatic heterocycles. The van der Waals surface area contributed by atoms with E-state index >= 15 is 0 Å². The van der Waals surface area contributed by atoms with Crippen molar-refractivity contribution in [2.75, 3.05) is 39.1 Å². The third-order valence-electron chi connectivity index (χ3n) is 4.32. The molecule has 1 aliphatic rings. The van der Waals surface area contributed by atoms with Gasteiger partial charge in [-0.05, 0) is 31.9 Å². The van der Waals surface area contributed by atoms with E-state index in [2.05, 4.69) is 5.32 Å². The minimum Gasteiger partial charge on any atom is -0.497 e. The number of anilines is 1. The molecule has 0 bridgehead atoms. The van der Waals surface area contributed by atoms with Crippen LogP contribution in [-0.2, 0) is 9.59 Å². The summed E-state index contributed by atoms with van der Waals surface area (Å²) in [4.78, 5) is 27.3. The quantitative estimate of drug-likeness (QED) is 0.785. The highest BCUT2D eigenvalue weighted by atomic mass is 16.5. The van der Waals surface area contributed by atoms with Crippen LogP contribution in [0.15, 0.2) is 24.3 Å². The normalized spacial score (nSPS) is 16.7. The van der Waals surface area contributed by atoms with E-state index in [1.54, 1.807) is 13.2 Å². The summed E-state index contributed by atoms with van der Waals surface area (Å²) in [6.45, 7) is 3.81. The average molecular weight is 320 g/mol. The maximum atomic E-state index is 12.4. The van der Waals surface area contributed by atoms with Crippen LogP contribution >= 0.6 is 0 Å². The highest BCUT2D eigenvalue weighted by Gasteiger charge is 2.29. The third kappa shape index (κ3) is 4.69. The fourth-order valence-corrected chi connectivity index (χ4v) is 2.73. The first-order chi connectivity index (χ1) is 11.0. The van der Waals surface area contributed by atoms with Crippen molar-refractivity contribution in [1.29, 1.82) is 0 Å². The zero-order valence-electron chi connectivity index (χ0n) is 14.1. The number of benzene rings is 1. The van der Waals surface area contributed by atoms with Gasteiger partial charge in [0, 0.05) is 24.8 Å². The Morgan fingerprint density at radius 1 is 1.35 bits per heavy atom. The van der Waals surface area contributed by atoms with Crippen LogP contribution in [0.2, 0.25) is 0 Å². The molecular formula is C17H26N3O3+. The lowest BCUT2D eigenvalue weighted by molar-refractivity contribution is -0.886. The minimum absolute atomic E-state index is 0.114. The lowest BCUT2D eigenvalue weighted by Crippen LogP contribution is -3.15. The van der Waals surface area contributed by atoms with Crippen molar-refractivity contribution >= 4 is 17.5 Å². The van der Waals surface area contributed by atoms with Gasteiger partial charge in [-0.2, -0.15) is 0 Å². The average Bonchev–Trinajstić information content (AvgIpc) is 3.07. The van der Waals surface area contributed by atoms with Gasteiger partial charge >= 0.3 is 0 Å². The molecular weight excluding hydrogens is 294 g/mol. The molecule has 1 aromatic rings. The number of methoxy groups -OCH3 is 1. The van der Waals surface area contributed by atoms with Gasteiger partial charge in [0.25, 0.3) is 11.8 Å². The maximum absolute atomic E-state index is 12.4. The van der Waals surface area contributed by atoms with Crippen molar-refractivity contribution in [2.45, 2.75) is 25.8 Å². The molecule has 2 N–H and O–H groups in total. The Balaban J connectivity index is 1.86. The first kappa shape index (κ1) is 17.3. The highest BCUT2D eigenvalue weighted by Crippen LogP contribution is 2.16. The van der Waals surface area contributed by atoms with Gasteiger partial charge in [-0.15, -0.1) is 0 Å². The predicted molar refractivity (Wildman–Crippen MR) is 88.7 cm³/mol. The Hall–Kier alpha value is -2.08. The van der Waals surface area contributed by atoms with E-state index in [9.17, 15) is 9.59 Å². The van der Waals surface area contributed by atoms with Gasteiger partial charge in [-0.3, -0.25) is 9.59 Å². The van der Waals surface area contributed by atoms with Gasteiger partial charge in [0.1, 0.15) is 5.75 Å². The number of rotatable bonds is 6. The zero-order valence-corrected chi connectivity index (χ0v) is 14.1. The summed E-state index contributed by atoms with van der Waals surface area (Å²) in [5, 5.41) is 2.85. The number of nitrogens with one attached hydrogen (secondary N) is 2. The molecule has 0 aliphatic carbocycles. The van der Waals surface area contributed by atoms with Crippen molar-refractivity contribution in [3.8, 4) is 5.75 Å². The molecule has 0 aromatic heterocycles. The second-order valence-corrected chi connectivity index (χ2v) is 6.06. The molecule has 1 unspecified atom stereocenters. The second kappa shape index (κ2) is 7.97. The maximum Gasteiger partial charge on any atom is 0.280 e. The summed E-state index contributed by atoms with van der Waals surface area (Å²) in [5.41, 5.74) is 0.695. The molecule has 0 saturated carbocycles. The Bertz CT molecular complexity index is 556. The number of ether oxygens (including phenoxy) is 1. The van der Waals surface area contributed by atoms with E-state index in [1.165, 1.54) is 0 Å². The molecule has 6 heteroatoms. The first-order valence-electron chi connectivity index (χ1n) is 8.06. The Kier molecular flexibility index (Phi) is 5.98. The molecule has 2 rings (SSSR count). The third-order valence-corrected chi connectivity index (χ3v) is 4.32. The molecule has 126 valence electrons. The smallest absolute Gasteiger partial charge is 0.280 e. The molecule has 1 aromatic carbocycles. The monoisotopic (exact) mass is 320 g/mol. The minimum atomic E-state index is -0.218. The lowest BCUT2D eigenvalue weighted by atomic mass is 10.2. The molecule has 0 radical (unpaired) electrons. The van der Waals surface area contributed by atoms with Crippen LogP contribution in [0.25, 0.3) is 0 Å². The van der Waals surface area contributed by atoms with E-state index in [-0.39, 0.29) is 24.4 Å². The topological polar surface area (TPSA) is 63.1 Å². The summed E-state index contributed by atoms with van der Waals surface area (Å²) in [6.07, 6.45) is 2.15. The number of carbonyl (C=O) groups is 2. The number of carbonyl (C=O) groups excluding carboxylic acids is 2. The first-order valence-corrected chi connectivity index (χ1v) is 8.06. The van der Waals surface area contributed by atoms with Gasteiger partial charge in [0.05, 0.1) is 14.2 Å². The van der Waals surface area contributed by atoms with Gasteiger partial charge in [-0.25, -0.2) is 0 Å². The number of nitrogens with zero attached hydrogens (tertiary/aromatic N) is 1. The molecule has 0 spiro atoms. The van der Waals surface area contributed by atoms with Crippen LogP contribution in [0.3, 0.4) is 0 Å². The largest absolute Gasteiger partial charge is 0.497 e. The number of likely N-dealkylation sites (N-methyl/N-ethyl adjacent to an activating group) is 1. The Labute approximate surface area is 137 Å². The molecule has 6 nitrogen and oxygen atoms in total. The van der Waals surface area contributed by atoms with E-state index in [0.29, 0.717) is 11.4 Å². The van der Waals surface area contributed by atoms with Gasteiger partial charge in [0.2, 0.25) is 0 Å². The second-order valence-electron chi connectivity index (χ2n) is 6.06. The van der Waals surface area contributed by atoms with E-state index in [1.807, 2.05) is 37.1 Å². The summed E-state index contributed by atoms with van der Waals surface area (Å²) in [7, 11) is 3.47. The lowest BCUT2D eigenvalue weighted by Gasteiger charge is -2.25. The standard InChI is InChI=1S/C17H25N3O3/c1-13(17(22)20-9-4-5-10-20)19(2)12-16(21)18-14-7-6-8-15(11-14)23-3/h6-8,11,13H,4-5,9-10,12H2,1-3H3,(H,18,21)/p+1/t13-/m0/s1. The van der Waals surface area contributed by atoms with Crippen molar-refractivity contribution in [2.24, 2.45) is 0 Å². The van der Waals surface area contributed by atoms with Crippen molar-refractivity contribution in [3.05, 3.63) is 24.3 Å². The Morgan fingerprint density at radius 2 is 2.04 bits per heavy atom. The number of hydrogen-bond acceptors (Lipinski definition) is 3. The summed E-state index contributed by atoms with van der Waals surface area (Å²) in [6, 6.07) is 7.01. The summed E-state index contributed by atoms with van der Waals surface area (Å²) >= 11 is 0. The van der Waals surface area contributed by atoms with Gasteiger partial charge < -0.3 is 19.9 Å². The number of likely N-dealkylation sites (tertiary alicyclic amines) is 1. The predicted octanol–water partition coefficient (Wildman–Crippen LogP) is 0.159.